The molecule has 4 heteroatoms. The second kappa shape index (κ2) is 6.53. The first-order chi connectivity index (χ1) is 9.65. The number of hydrogen-bond donors (Lipinski definition) is 0. The van der Waals surface area contributed by atoms with E-state index in [1.807, 2.05) is 25.1 Å². The van der Waals surface area contributed by atoms with Crippen LogP contribution in [0.5, 0.6) is 0 Å². The molecule has 0 amide bonds. The Morgan fingerprint density at radius 2 is 2.30 bits per heavy atom. The van der Waals surface area contributed by atoms with Crippen molar-refractivity contribution < 1.29 is 9.53 Å². The predicted octanol–water partition coefficient (Wildman–Crippen LogP) is 2.39. The maximum Gasteiger partial charge on any atom is 0.323 e. The summed E-state index contributed by atoms with van der Waals surface area (Å²) in [5, 5.41) is 8.90. The molecular formula is C16H20N2O2. The van der Waals surface area contributed by atoms with Crippen LogP contribution in [-0.4, -0.2) is 30.6 Å². The summed E-state index contributed by atoms with van der Waals surface area (Å²) in [7, 11) is 1.45. The topological polar surface area (TPSA) is 53.3 Å². The molecule has 1 atom stereocenters. The molecule has 0 aliphatic carbocycles. The number of rotatable bonds is 3. The molecule has 0 saturated carbocycles. The summed E-state index contributed by atoms with van der Waals surface area (Å²) in [5.74, 6) is -0.143. The molecule has 1 aliphatic rings. The van der Waals surface area contributed by atoms with Crippen LogP contribution in [0.1, 0.15) is 36.0 Å². The number of hydrogen-bond acceptors (Lipinski definition) is 4. The van der Waals surface area contributed by atoms with E-state index in [0.29, 0.717) is 5.56 Å². The summed E-state index contributed by atoms with van der Waals surface area (Å²) in [6.45, 7) is 3.66. The number of nitrogens with zero attached hydrogens (tertiary/aromatic N) is 2. The maximum atomic E-state index is 11.8. The van der Waals surface area contributed by atoms with Crippen LogP contribution in [0.15, 0.2) is 18.2 Å². The van der Waals surface area contributed by atoms with Gasteiger partial charge in [0.25, 0.3) is 0 Å². The minimum atomic E-state index is -0.143. The molecule has 0 N–H and O–H groups in total. The summed E-state index contributed by atoms with van der Waals surface area (Å²) < 4.78 is 4.90. The van der Waals surface area contributed by atoms with Crippen molar-refractivity contribution in [1.82, 2.24) is 4.90 Å². The highest BCUT2D eigenvalue weighted by Gasteiger charge is 2.29. The lowest BCUT2D eigenvalue weighted by Crippen LogP contribution is -2.44. The molecule has 106 valence electrons. The van der Waals surface area contributed by atoms with Gasteiger partial charge in [0, 0.05) is 6.54 Å². The summed E-state index contributed by atoms with van der Waals surface area (Å²) in [5.41, 5.74) is 2.94. The predicted molar refractivity (Wildman–Crippen MR) is 76.0 cm³/mol. The number of nitriles is 1. The van der Waals surface area contributed by atoms with Gasteiger partial charge in [-0.2, -0.15) is 5.26 Å². The minimum Gasteiger partial charge on any atom is -0.468 e. The van der Waals surface area contributed by atoms with E-state index >= 15 is 0 Å². The van der Waals surface area contributed by atoms with Crippen LogP contribution in [-0.2, 0) is 16.1 Å². The number of likely N-dealkylation sites (tertiary alicyclic amines) is 1. The van der Waals surface area contributed by atoms with Gasteiger partial charge in [-0.3, -0.25) is 9.69 Å². The SMILES string of the molecule is COC(=O)C1CCCCN1Cc1ccc(C#N)cc1C. The van der Waals surface area contributed by atoms with Crippen molar-refractivity contribution in [2.24, 2.45) is 0 Å². The highest BCUT2D eigenvalue weighted by molar-refractivity contribution is 5.75. The third-order valence-electron chi connectivity index (χ3n) is 3.93. The second-order valence-electron chi connectivity index (χ2n) is 5.26. The highest BCUT2D eigenvalue weighted by Crippen LogP contribution is 2.22. The van der Waals surface area contributed by atoms with Crippen LogP contribution >= 0.6 is 0 Å². The molecule has 1 unspecified atom stereocenters. The maximum absolute atomic E-state index is 11.8. The van der Waals surface area contributed by atoms with Gasteiger partial charge in [-0.15, -0.1) is 0 Å². The van der Waals surface area contributed by atoms with Crippen molar-refractivity contribution in [3.8, 4) is 6.07 Å². The number of aryl methyl sites for hydroxylation is 1. The zero-order chi connectivity index (χ0) is 14.5. The number of carbonyl (C=O) groups excluding carboxylic acids is 1. The fraction of sp³-hybridized carbons (Fsp3) is 0.500. The van der Waals surface area contributed by atoms with Crippen LogP contribution < -0.4 is 0 Å². The van der Waals surface area contributed by atoms with Crippen LogP contribution in [0, 0.1) is 18.3 Å². The third kappa shape index (κ3) is 3.17. The smallest absolute Gasteiger partial charge is 0.323 e. The van der Waals surface area contributed by atoms with Crippen LogP contribution in [0.3, 0.4) is 0 Å². The van der Waals surface area contributed by atoms with E-state index in [4.69, 9.17) is 10.00 Å². The van der Waals surface area contributed by atoms with Gasteiger partial charge >= 0.3 is 5.97 Å². The van der Waals surface area contributed by atoms with Gasteiger partial charge in [0.05, 0.1) is 18.7 Å². The Labute approximate surface area is 120 Å². The second-order valence-corrected chi connectivity index (χ2v) is 5.26. The van der Waals surface area contributed by atoms with Gasteiger partial charge in [-0.1, -0.05) is 12.5 Å². The van der Waals surface area contributed by atoms with E-state index in [1.54, 1.807) is 0 Å². The van der Waals surface area contributed by atoms with Crippen molar-refractivity contribution in [2.45, 2.75) is 38.8 Å². The summed E-state index contributed by atoms with van der Waals surface area (Å²) >= 11 is 0. The first-order valence-electron chi connectivity index (χ1n) is 6.97. The number of carbonyl (C=O) groups is 1. The van der Waals surface area contributed by atoms with Crippen LogP contribution in [0.25, 0.3) is 0 Å². The molecule has 4 nitrogen and oxygen atoms in total. The van der Waals surface area contributed by atoms with E-state index in [9.17, 15) is 4.79 Å². The Kier molecular flexibility index (Phi) is 4.75. The molecule has 0 spiro atoms. The molecule has 20 heavy (non-hydrogen) atoms. The lowest BCUT2D eigenvalue weighted by atomic mass is 9.99. The fourth-order valence-corrected chi connectivity index (χ4v) is 2.74. The Balaban J connectivity index is 2.15. The lowest BCUT2D eigenvalue weighted by molar-refractivity contribution is -0.148. The Morgan fingerprint density at radius 3 is 2.95 bits per heavy atom. The summed E-state index contributed by atoms with van der Waals surface area (Å²) in [4.78, 5) is 14.0. The van der Waals surface area contributed by atoms with E-state index in [-0.39, 0.29) is 12.0 Å². The number of methoxy groups -OCH3 is 1. The fourth-order valence-electron chi connectivity index (χ4n) is 2.74. The molecule has 1 heterocycles. The summed E-state index contributed by atoms with van der Waals surface area (Å²) in [6, 6.07) is 7.72. The average molecular weight is 272 g/mol. The standard InChI is InChI=1S/C16H20N2O2/c1-12-9-13(10-17)6-7-14(12)11-18-8-4-3-5-15(18)16(19)20-2/h6-7,9,15H,3-5,8,11H2,1-2H3. The highest BCUT2D eigenvalue weighted by atomic mass is 16.5. The van der Waals surface area contributed by atoms with Crippen molar-refractivity contribution in [3.63, 3.8) is 0 Å². The number of esters is 1. The first-order valence-corrected chi connectivity index (χ1v) is 6.97. The Morgan fingerprint density at radius 1 is 1.50 bits per heavy atom. The molecule has 0 radical (unpaired) electrons. The molecule has 1 aliphatic heterocycles. The zero-order valence-electron chi connectivity index (χ0n) is 12.1. The van der Waals surface area contributed by atoms with E-state index in [2.05, 4.69) is 11.0 Å². The monoisotopic (exact) mass is 272 g/mol. The molecule has 1 aromatic carbocycles. The third-order valence-corrected chi connectivity index (χ3v) is 3.93. The first kappa shape index (κ1) is 14.5. The Hall–Kier alpha value is -1.86. The van der Waals surface area contributed by atoms with Crippen molar-refractivity contribution in [1.29, 1.82) is 5.26 Å². The van der Waals surface area contributed by atoms with Crippen LogP contribution in [0.2, 0.25) is 0 Å². The van der Waals surface area contributed by atoms with Gasteiger partial charge in [0.2, 0.25) is 0 Å². The van der Waals surface area contributed by atoms with Gasteiger partial charge in [0.15, 0.2) is 0 Å². The van der Waals surface area contributed by atoms with Crippen molar-refractivity contribution >= 4 is 5.97 Å². The van der Waals surface area contributed by atoms with Crippen molar-refractivity contribution in [2.75, 3.05) is 13.7 Å². The van der Waals surface area contributed by atoms with E-state index in [0.717, 1.165) is 37.9 Å². The molecule has 0 bridgehead atoms. The normalized spacial score (nSPS) is 19.4. The Bertz CT molecular complexity index is 534. The number of ether oxygens (including phenoxy) is 1. The van der Waals surface area contributed by atoms with Crippen LogP contribution in [0.4, 0.5) is 0 Å². The van der Waals surface area contributed by atoms with Gasteiger partial charge in [-0.05, 0) is 49.6 Å². The average Bonchev–Trinajstić information content (AvgIpc) is 2.49. The van der Waals surface area contributed by atoms with Gasteiger partial charge in [0.1, 0.15) is 6.04 Å². The number of benzene rings is 1. The molecular weight excluding hydrogens is 252 g/mol. The van der Waals surface area contributed by atoms with Gasteiger partial charge < -0.3 is 4.74 Å². The number of piperidine rings is 1. The largest absolute Gasteiger partial charge is 0.468 e. The molecule has 1 aromatic rings. The summed E-state index contributed by atoms with van der Waals surface area (Å²) in [6.07, 6.45) is 3.05. The molecule has 1 fully saturated rings. The minimum absolute atomic E-state index is 0.135. The lowest BCUT2D eigenvalue weighted by Gasteiger charge is -2.34. The quantitative estimate of drug-likeness (QED) is 0.793. The molecule has 2 rings (SSSR count). The van der Waals surface area contributed by atoms with Gasteiger partial charge in [-0.25, -0.2) is 0 Å². The van der Waals surface area contributed by atoms with Crippen molar-refractivity contribution in [3.05, 3.63) is 34.9 Å². The molecule has 1 saturated heterocycles. The van der Waals surface area contributed by atoms with E-state index < -0.39 is 0 Å². The zero-order valence-corrected chi connectivity index (χ0v) is 12.1. The molecule has 0 aromatic heterocycles. The van der Waals surface area contributed by atoms with E-state index in [1.165, 1.54) is 12.7 Å².